The number of halogens is 4. The van der Waals surface area contributed by atoms with Crippen LogP contribution in [-0.2, 0) is 18.3 Å². The first-order valence-corrected chi connectivity index (χ1v) is 5.00. The minimum absolute atomic E-state index is 0.0436. The maximum atomic E-state index is 12.9. The van der Waals surface area contributed by atoms with E-state index in [4.69, 9.17) is 0 Å². The Balaban J connectivity index is 2.41. The molecular formula is C11H8F4N2O. The van der Waals surface area contributed by atoms with E-state index in [9.17, 15) is 22.4 Å². The van der Waals surface area contributed by atoms with E-state index in [2.05, 4.69) is 4.98 Å². The first kappa shape index (κ1) is 12.5. The van der Waals surface area contributed by atoms with Gasteiger partial charge in [-0.2, -0.15) is 13.2 Å². The van der Waals surface area contributed by atoms with Crippen molar-refractivity contribution < 1.29 is 22.4 Å². The first-order chi connectivity index (χ1) is 8.29. The number of ketones is 1. The molecule has 0 unspecified atom stereocenters. The van der Waals surface area contributed by atoms with Gasteiger partial charge in [-0.1, -0.05) is 0 Å². The largest absolute Gasteiger partial charge is 0.450 e. The Bertz CT molecular complexity index is 615. The minimum atomic E-state index is -4.89. The second-order valence-corrected chi connectivity index (χ2v) is 3.82. The van der Waals surface area contributed by atoms with Crippen LogP contribution in [0, 0.1) is 5.82 Å². The highest BCUT2D eigenvalue weighted by molar-refractivity contribution is 5.86. The molecule has 0 aliphatic heterocycles. The first-order valence-electron chi connectivity index (χ1n) is 5.00. The topological polar surface area (TPSA) is 34.9 Å². The fraction of sp³-hybridized carbons (Fsp3) is 0.273. The van der Waals surface area contributed by atoms with Crippen molar-refractivity contribution in [3.05, 3.63) is 29.8 Å². The summed E-state index contributed by atoms with van der Waals surface area (Å²) in [6.45, 7) is 0. The van der Waals surface area contributed by atoms with Gasteiger partial charge in [-0.05, 0) is 12.1 Å². The number of nitrogens with zero attached hydrogens (tertiary/aromatic N) is 2. The number of hydrogen-bond donors (Lipinski definition) is 0. The van der Waals surface area contributed by atoms with Crippen molar-refractivity contribution in [2.24, 2.45) is 7.05 Å². The van der Waals surface area contributed by atoms with Crippen LogP contribution < -0.4 is 0 Å². The molecule has 18 heavy (non-hydrogen) atoms. The van der Waals surface area contributed by atoms with Gasteiger partial charge in [-0.15, -0.1) is 0 Å². The van der Waals surface area contributed by atoms with Crippen molar-refractivity contribution in [1.29, 1.82) is 0 Å². The van der Waals surface area contributed by atoms with Crippen LogP contribution in [0.4, 0.5) is 17.6 Å². The molecule has 1 aromatic heterocycles. The number of carbonyl (C=O) groups excluding carboxylic acids is 1. The van der Waals surface area contributed by atoms with Crippen LogP contribution in [0.25, 0.3) is 11.0 Å². The summed E-state index contributed by atoms with van der Waals surface area (Å²) in [5.74, 6) is -2.45. The molecule has 1 heterocycles. The molecular weight excluding hydrogens is 252 g/mol. The second-order valence-electron chi connectivity index (χ2n) is 3.82. The van der Waals surface area contributed by atoms with E-state index >= 15 is 0 Å². The van der Waals surface area contributed by atoms with E-state index < -0.39 is 24.2 Å². The lowest BCUT2D eigenvalue weighted by atomic mass is 10.2. The molecule has 3 nitrogen and oxygen atoms in total. The maximum Gasteiger partial charge on any atom is 0.450 e. The predicted octanol–water partition coefficient (Wildman–Crippen LogP) is 2.39. The van der Waals surface area contributed by atoms with Crippen molar-refractivity contribution in [3.8, 4) is 0 Å². The van der Waals surface area contributed by atoms with Crippen LogP contribution in [0.5, 0.6) is 0 Å². The molecule has 0 atom stereocenters. The molecule has 2 aromatic rings. The fourth-order valence-electron chi connectivity index (χ4n) is 1.62. The van der Waals surface area contributed by atoms with E-state index in [-0.39, 0.29) is 11.3 Å². The number of fused-ring (bicyclic) bond motifs is 1. The van der Waals surface area contributed by atoms with E-state index in [1.165, 1.54) is 23.7 Å². The van der Waals surface area contributed by atoms with Gasteiger partial charge in [0.05, 0.1) is 17.5 Å². The molecule has 0 bridgehead atoms. The van der Waals surface area contributed by atoms with Gasteiger partial charge >= 0.3 is 6.18 Å². The number of carbonyl (C=O) groups is 1. The van der Waals surface area contributed by atoms with Crippen LogP contribution in [0.2, 0.25) is 0 Å². The third-order valence-corrected chi connectivity index (χ3v) is 2.57. The van der Waals surface area contributed by atoms with Gasteiger partial charge < -0.3 is 4.57 Å². The average Bonchev–Trinajstić information content (AvgIpc) is 2.54. The highest BCUT2D eigenvalue weighted by Gasteiger charge is 2.38. The molecule has 0 spiro atoms. The molecule has 1 aromatic carbocycles. The molecule has 96 valence electrons. The molecule has 0 N–H and O–H groups in total. The van der Waals surface area contributed by atoms with Crippen LogP contribution in [-0.4, -0.2) is 21.5 Å². The Morgan fingerprint density at radius 3 is 2.67 bits per heavy atom. The van der Waals surface area contributed by atoms with Crippen LogP contribution in [0.1, 0.15) is 5.82 Å². The van der Waals surface area contributed by atoms with Gasteiger partial charge in [-0.25, -0.2) is 9.37 Å². The summed E-state index contributed by atoms with van der Waals surface area (Å²) in [7, 11) is 1.48. The highest BCUT2D eigenvalue weighted by atomic mass is 19.4. The van der Waals surface area contributed by atoms with Gasteiger partial charge in [0, 0.05) is 13.1 Å². The summed E-state index contributed by atoms with van der Waals surface area (Å²) in [4.78, 5) is 14.7. The number of hydrogen-bond acceptors (Lipinski definition) is 2. The molecule has 0 amide bonds. The molecule has 0 saturated carbocycles. The summed E-state index contributed by atoms with van der Waals surface area (Å²) in [5.41, 5.74) is 0.698. The molecule has 0 saturated heterocycles. The smallest absolute Gasteiger partial charge is 0.331 e. The quantitative estimate of drug-likeness (QED) is 0.777. The van der Waals surface area contributed by atoms with Crippen molar-refractivity contribution >= 4 is 16.8 Å². The van der Waals surface area contributed by atoms with Crippen LogP contribution in [0.3, 0.4) is 0 Å². The van der Waals surface area contributed by atoms with Gasteiger partial charge in [0.1, 0.15) is 11.6 Å². The number of aromatic nitrogens is 2. The second kappa shape index (κ2) is 4.08. The average molecular weight is 260 g/mol. The van der Waals surface area contributed by atoms with Gasteiger partial charge in [0.2, 0.25) is 5.78 Å². The van der Waals surface area contributed by atoms with Gasteiger partial charge in [0.15, 0.2) is 0 Å². The fourth-order valence-corrected chi connectivity index (χ4v) is 1.62. The number of imidazole rings is 1. The lowest BCUT2D eigenvalue weighted by Gasteiger charge is -2.04. The number of aryl methyl sites for hydroxylation is 1. The molecule has 0 aliphatic rings. The summed E-state index contributed by atoms with van der Waals surface area (Å²) in [6, 6.07) is 3.69. The SMILES string of the molecule is Cn1c(CC(=O)C(F)(F)F)nc2cc(F)ccc21. The van der Waals surface area contributed by atoms with E-state index in [0.717, 1.165) is 6.07 Å². The summed E-state index contributed by atoms with van der Waals surface area (Å²) >= 11 is 0. The van der Waals surface area contributed by atoms with E-state index in [0.29, 0.717) is 5.52 Å². The Labute approximate surface area is 99.0 Å². The number of rotatable bonds is 2. The van der Waals surface area contributed by atoms with E-state index in [1.54, 1.807) is 0 Å². The highest BCUT2D eigenvalue weighted by Crippen LogP contribution is 2.21. The number of benzene rings is 1. The van der Waals surface area contributed by atoms with Crippen molar-refractivity contribution in [2.45, 2.75) is 12.6 Å². The standard InChI is InChI=1S/C11H8F4N2O/c1-17-8-3-2-6(12)4-7(8)16-10(17)5-9(18)11(13,14)15/h2-4H,5H2,1H3. The maximum absolute atomic E-state index is 12.9. The Morgan fingerprint density at radius 1 is 1.39 bits per heavy atom. The van der Waals surface area contributed by atoms with Crippen LogP contribution in [0.15, 0.2) is 18.2 Å². The monoisotopic (exact) mass is 260 g/mol. The minimum Gasteiger partial charge on any atom is -0.331 e. The van der Waals surface area contributed by atoms with Gasteiger partial charge in [-0.3, -0.25) is 4.79 Å². The molecule has 0 aliphatic carbocycles. The zero-order valence-corrected chi connectivity index (χ0v) is 9.25. The zero-order chi connectivity index (χ0) is 13.5. The molecule has 7 heteroatoms. The molecule has 0 fully saturated rings. The van der Waals surface area contributed by atoms with E-state index in [1.807, 2.05) is 0 Å². The Hall–Kier alpha value is -1.92. The van der Waals surface area contributed by atoms with Crippen molar-refractivity contribution in [3.63, 3.8) is 0 Å². The number of alkyl halides is 3. The third-order valence-electron chi connectivity index (χ3n) is 2.57. The summed E-state index contributed by atoms with van der Waals surface area (Å²) < 4.78 is 50.7. The number of Topliss-reactive ketones (excluding diaryl/α,β-unsaturated/α-hetero) is 1. The summed E-state index contributed by atoms with van der Waals surface area (Å²) in [5, 5.41) is 0. The Kier molecular flexibility index (Phi) is 2.84. The summed E-state index contributed by atoms with van der Waals surface area (Å²) in [6.07, 6.45) is -5.74. The zero-order valence-electron chi connectivity index (χ0n) is 9.25. The van der Waals surface area contributed by atoms with Crippen molar-refractivity contribution in [2.75, 3.05) is 0 Å². The molecule has 2 rings (SSSR count). The molecule has 0 radical (unpaired) electrons. The lowest BCUT2D eigenvalue weighted by Crippen LogP contribution is -2.25. The lowest BCUT2D eigenvalue weighted by molar-refractivity contribution is -0.170. The van der Waals surface area contributed by atoms with Gasteiger partial charge in [0.25, 0.3) is 0 Å². The van der Waals surface area contributed by atoms with Crippen LogP contribution >= 0.6 is 0 Å². The van der Waals surface area contributed by atoms with Crippen molar-refractivity contribution in [1.82, 2.24) is 9.55 Å². The predicted molar refractivity (Wildman–Crippen MR) is 55.4 cm³/mol. The normalized spacial score (nSPS) is 12.1. The Morgan fingerprint density at radius 2 is 2.06 bits per heavy atom. The third kappa shape index (κ3) is 2.20.